The van der Waals surface area contributed by atoms with Gasteiger partial charge in [0.1, 0.15) is 11.5 Å². The molecule has 0 fully saturated rings. The molecule has 1 spiro atoms. The summed E-state index contributed by atoms with van der Waals surface area (Å²) in [6, 6.07) is 28.0. The Morgan fingerprint density at radius 1 is 0.816 bits per heavy atom. The number of ether oxygens (including phenoxy) is 2. The molecule has 1 N–H and O–H groups in total. The second-order valence-corrected chi connectivity index (χ2v) is 9.98. The van der Waals surface area contributed by atoms with Gasteiger partial charge in [0, 0.05) is 35.5 Å². The summed E-state index contributed by atoms with van der Waals surface area (Å²) in [7, 11) is 0. The maximum absolute atomic E-state index is 14.1. The van der Waals surface area contributed by atoms with Gasteiger partial charge >= 0.3 is 5.97 Å². The molecule has 5 heteroatoms. The number of hydrogen-bond acceptors (Lipinski definition) is 5. The molecule has 0 atom stereocenters. The number of benzene rings is 4. The van der Waals surface area contributed by atoms with Crippen molar-refractivity contribution in [2.75, 3.05) is 23.3 Å². The molecule has 192 valence electrons. The smallest absolute Gasteiger partial charge is 0.342 e. The number of esters is 1. The van der Waals surface area contributed by atoms with Crippen LogP contribution in [0.4, 0.5) is 17.1 Å². The van der Waals surface area contributed by atoms with E-state index < -0.39 is 5.60 Å². The molecule has 5 nitrogen and oxygen atoms in total. The second-order valence-electron chi connectivity index (χ2n) is 9.98. The molecule has 4 aromatic carbocycles. The number of fused-ring (bicyclic) bond motifs is 6. The van der Waals surface area contributed by atoms with Crippen molar-refractivity contribution in [3.05, 3.63) is 113 Å². The van der Waals surface area contributed by atoms with Gasteiger partial charge in [-0.25, -0.2) is 4.79 Å². The Balaban J connectivity index is 1.71. The molecule has 0 bridgehead atoms. The van der Waals surface area contributed by atoms with E-state index in [2.05, 4.69) is 37.1 Å². The highest BCUT2D eigenvalue weighted by Gasteiger charge is 2.56. The molecule has 6 rings (SSSR count). The molecule has 0 saturated carbocycles. The van der Waals surface area contributed by atoms with E-state index in [-0.39, 0.29) is 5.97 Å². The van der Waals surface area contributed by atoms with E-state index in [9.17, 15) is 4.79 Å². The fraction of sp³-hybridized carbons (Fsp3) is 0.242. The molecule has 0 amide bonds. The number of hydrogen-bond donors (Lipinski definition) is 1. The molecule has 0 aliphatic carbocycles. The second kappa shape index (κ2) is 9.56. The minimum Gasteiger partial charge on any atom is -0.456 e. The van der Waals surface area contributed by atoms with Gasteiger partial charge in [0.15, 0.2) is 5.60 Å². The summed E-state index contributed by atoms with van der Waals surface area (Å²) in [6.45, 7) is 8.18. The molecule has 2 aliphatic heterocycles. The lowest BCUT2D eigenvalue weighted by Gasteiger charge is -2.37. The highest BCUT2D eigenvalue weighted by Crippen LogP contribution is 2.59. The van der Waals surface area contributed by atoms with Gasteiger partial charge in [0.25, 0.3) is 0 Å². The van der Waals surface area contributed by atoms with Crippen molar-refractivity contribution < 1.29 is 14.3 Å². The monoisotopic (exact) mass is 504 g/mol. The SMILES string of the molecule is CCCN(CCC)c1cc(C)c(Nc2ccccc2)c2c1C(=O)OC21c2ccccc2Oc2ccccc21. The average molecular weight is 505 g/mol. The number of carbonyl (C=O) groups is 1. The van der Waals surface area contributed by atoms with Crippen LogP contribution in [0.3, 0.4) is 0 Å². The van der Waals surface area contributed by atoms with E-state index in [0.717, 1.165) is 65.2 Å². The maximum Gasteiger partial charge on any atom is 0.342 e. The standard InChI is InChI=1S/C33H32N2O3/c1-4-19-35(20-5-2)26-21-22(3)31(34-23-13-7-6-8-14-23)30-29(26)32(36)38-33(30)24-15-9-11-17-27(24)37-28-18-12-10-16-25(28)33/h6-18,21,34H,4-5,19-20H2,1-3H3. The quantitative estimate of drug-likeness (QED) is 0.259. The van der Waals surface area contributed by atoms with Gasteiger partial charge < -0.3 is 19.7 Å². The van der Waals surface area contributed by atoms with Gasteiger partial charge in [-0.3, -0.25) is 0 Å². The first-order chi connectivity index (χ1) is 18.6. The van der Waals surface area contributed by atoms with Gasteiger partial charge in [-0.15, -0.1) is 0 Å². The van der Waals surface area contributed by atoms with Crippen LogP contribution in [-0.2, 0) is 10.3 Å². The van der Waals surface area contributed by atoms with Crippen LogP contribution in [0.15, 0.2) is 84.9 Å². The summed E-state index contributed by atoms with van der Waals surface area (Å²) in [5.41, 5.74) is 5.82. The molecular formula is C33H32N2O3. The first-order valence-corrected chi connectivity index (χ1v) is 13.4. The molecule has 38 heavy (non-hydrogen) atoms. The van der Waals surface area contributed by atoms with E-state index in [1.54, 1.807) is 0 Å². The molecule has 0 aromatic heterocycles. The number of nitrogens with zero attached hydrogens (tertiary/aromatic N) is 1. The van der Waals surface area contributed by atoms with E-state index in [4.69, 9.17) is 9.47 Å². The van der Waals surface area contributed by atoms with Crippen LogP contribution in [0, 0.1) is 6.92 Å². The largest absolute Gasteiger partial charge is 0.456 e. The summed E-state index contributed by atoms with van der Waals surface area (Å²) in [4.78, 5) is 16.4. The third-order valence-electron chi connectivity index (χ3n) is 7.43. The number of para-hydroxylation sites is 3. The Bertz CT molecular complexity index is 1460. The van der Waals surface area contributed by atoms with Gasteiger partial charge in [-0.1, -0.05) is 68.4 Å². The minimum atomic E-state index is -1.14. The van der Waals surface area contributed by atoms with Crippen molar-refractivity contribution in [2.45, 2.75) is 39.2 Å². The van der Waals surface area contributed by atoms with Crippen LogP contribution in [0.1, 0.15) is 59.3 Å². The number of anilines is 3. The van der Waals surface area contributed by atoms with Crippen molar-refractivity contribution in [1.82, 2.24) is 0 Å². The van der Waals surface area contributed by atoms with Crippen LogP contribution < -0.4 is 15.0 Å². The lowest BCUT2D eigenvalue weighted by molar-refractivity contribution is 0.0226. The van der Waals surface area contributed by atoms with E-state index in [1.807, 2.05) is 78.9 Å². The predicted molar refractivity (Wildman–Crippen MR) is 152 cm³/mol. The lowest BCUT2D eigenvalue weighted by atomic mass is 9.76. The predicted octanol–water partition coefficient (Wildman–Crippen LogP) is 7.93. The average Bonchev–Trinajstić information content (AvgIpc) is 3.24. The van der Waals surface area contributed by atoms with Crippen molar-refractivity contribution in [3.8, 4) is 11.5 Å². The van der Waals surface area contributed by atoms with Gasteiger partial charge in [0.05, 0.1) is 16.9 Å². The highest BCUT2D eigenvalue weighted by molar-refractivity contribution is 6.05. The molecule has 0 radical (unpaired) electrons. The van der Waals surface area contributed by atoms with Gasteiger partial charge in [0.2, 0.25) is 0 Å². The first kappa shape index (κ1) is 24.1. The maximum atomic E-state index is 14.1. The molecule has 2 aliphatic rings. The van der Waals surface area contributed by atoms with Crippen molar-refractivity contribution in [1.29, 1.82) is 0 Å². The summed E-state index contributed by atoms with van der Waals surface area (Å²) in [5, 5.41) is 3.66. The third-order valence-corrected chi connectivity index (χ3v) is 7.43. The van der Waals surface area contributed by atoms with Crippen LogP contribution in [0.5, 0.6) is 11.5 Å². The van der Waals surface area contributed by atoms with E-state index in [0.29, 0.717) is 17.1 Å². The highest BCUT2D eigenvalue weighted by atomic mass is 16.6. The van der Waals surface area contributed by atoms with E-state index in [1.165, 1.54) is 0 Å². The zero-order chi connectivity index (χ0) is 26.3. The van der Waals surface area contributed by atoms with Crippen LogP contribution in [-0.4, -0.2) is 19.1 Å². The number of aryl methyl sites for hydroxylation is 1. The fourth-order valence-corrected chi connectivity index (χ4v) is 5.90. The minimum absolute atomic E-state index is 0.310. The summed E-state index contributed by atoms with van der Waals surface area (Å²) in [5.74, 6) is 1.08. The first-order valence-electron chi connectivity index (χ1n) is 13.4. The lowest BCUT2D eigenvalue weighted by Crippen LogP contribution is -2.33. The van der Waals surface area contributed by atoms with Crippen molar-refractivity contribution in [2.24, 2.45) is 0 Å². The third kappa shape index (κ3) is 3.65. The zero-order valence-electron chi connectivity index (χ0n) is 22.1. The molecular weight excluding hydrogens is 472 g/mol. The molecule has 0 saturated heterocycles. The van der Waals surface area contributed by atoms with Crippen molar-refractivity contribution >= 4 is 23.0 Å². The van der Waals surface area contributed by atoms with E-state index >= 15 is 0 Å². The summed E-state index contributed by atoms with van der Waals surface area (Å²) < 4.78 is 12.9. The van der Waals surface area contributed by atoms with Gasteiger partial charge in [-0.05, 0) is 55.7 Å². The summed E-state index contributed by atoms with van der Waals surface area (Å²) >= 11 is 0. The number of nitrogens with one attached hydrogen (secondary N) is 1. The topological polar surface area (TPSA) is 50.8 Å². The van der Waals surface area contributed by atoms with Crippen LogP contribution in [0.25, 0.3) is 0 Å². The Labute approximate surface area is 224 Å². The molecule has 4 aromatic rings. The Morgan fingerprint density at radius 3 is 2.00 bits per heavy atom. The molecule has 2 heterocycles. The van der Waals surface area contributed by atoms with Crippen molar-refractivity contribution in [3.63, 3.8) is 0 Å². The normalized spacial score (nSPS) is 14.2. The fourth-order valence-electron chi connectivity index (χ4n) is 5.90. The number of rotatable bonds is 7. The Morgan fingerprint density at radius 2 is 1.39 bits per heavy atom. The number of carbonyl (C=O) groups excluding carboxylic acids is 1. The summed E-state index contributed by atoms with van der Waals surface area (Å²) in [6.07, 6.45) is 1.97. The zero-order valence-corrected chi connectivity index (χ0v) is 22.1. The van der Waals surface area contributed by atoms with Crippen LogP contribution in [0.2, 0.25) is 0 Å². The molecule has 0 unspecified atom stereocenters. The van der Waals surface area contributed by atoms with Crippen LogP contribution >= 0.6 is 0 Å². The Hall–Kier alpha value is -4.25. The van der Waals surface area contributed by atoms with Gasteiger partial charge in [-0.2, -0.15) is 0 Å². The Kier molecular flexibility index (Phi) is 6.07.